The number of aliphatic hydroxyl groups is 1. The molecule has 0 aliphatic rings. The van der Waals surface area contributed by atoms with Crippen molar-refractivity contribution < 1.29 is 14.6 Å². The van der Waals surface area contributed by atoms with E-state index in [2.05, 4.69) is 0 Å². The van der Waals surface area contributed by atoms with Gasteiger partial charge in [0.2, 0.25) is 0 Å². The Kier molecular flexibility index (Phi) is 5.77. The monoisotopic (exact) mass is 202 g/mol. The predicted molar refractivity (Wildman–Crippen MR) is 55.9 cm³/mol. The molecular formula is C11H22O3. The van der Waals surface area contributed by atoms with Gasteiger partial charge in [0.1, 0.15) is 0 Å². The summed E-state index contributed by atoms with van der Waals surface area (Å²) in [6.45, 7) is 7.81. The fourth-order valence-corrected chi connectivity index (χ4v) is 1.62. The molecule has 0 amide bonds. The maximum absolute atomic E-state index is 11.5. The lowest BCUT2D eigenvalue weighted by atomic mass is 9.83. The molecule has 0 saturated carbocycles. The molecule has 0 heterocycles. The average Bonchev–Trinajstić information content (AvgIpc) is 2.17. The summed E-state index contributed by atoms with van der Waals surface area (Å²) < 4.78 is 4.88. The van der Waals surface area contributed by atoms with Crippen molar-refractivity contribution in [2.75, 3.05) is 6.61 Å². The molecule has 1 N–H and O–H groups in total. The van der Waals surface area contributed by atoms with E-state index in [0.717, 1.165) is 12.8 Å². The lowest BCUT2D eigenvalue weighted by Gasteiger charge is -2.30. The van der Waals surface area contributed by atoms with Crippen LogP contribution < -0.4 is 0 Å². The number of ether oxygens (including phenoxy) is 1. The van der Waals surface area contributed by atoms with Gasteiger partial charge >= 0.3 is 5.97 Å². The molecule has 3 nitrogen and oxygen atoms in total. The molecule has 0 rings (SSSR count). The third-order valence-corrected chi connectivity index (χ3v) is 2.70. The van der Waals surface area contributed by atoms with Gasteiger partial charge in [0.25, 0.3) is 0 Å². The van der Waals surface area contributed by atoms with E-state index in [1.54, 1.807) is 6.92 Å². The van der Waals surface area contributed by atoms with Crippen LogP contribution in [0.2, 0.25) is 0 Å². The molecule has 2 atom stereocenters. The van der Waals surface area contributed by atoms with Crippen LogP contribution in [-0.4, -0.2) is 23.3 Å². The molecule has 0 fully saturated rings. The highest BCUT2D eigenvalue weighted by Gasteiger charge is 2.40. The molecule has 0 aliphatic carbocycles. The SMILES string of the molecule is CCCC(C)C(O)(CC)C(=O)OCC. The fourth-order valence-electron chi connectivity index (χ4n) is 1.62. The smallest absolute Gasteiger partial charge is 0.338 e. The molecule has 0 spiro atoms. The highest BCUT2D eigenvalue weighted by atomic mass is 16.5. The standard InChI is InChI=1S/C11H22O3/c1-5-8-9(4)11(13,6-2)10(12)14-7-3/h9,13H,5-8H2,1-4H3. The van der Waals surface area contributed by atoms with Crippen molar-refractivity contribution in [2.24, 2.45) is 5.92 Å². The summed E-state index contributed by atoms with van der Waals surface area (Å²) in [6.07, 6.45) is 2.21. The van der Waals surface area contributed by atoms with Crippen molar-refractivity contribution in [3.8, 4) is 0 Å². The molecule has 0 radical (unpaired) electrons. The van der Waals surface area contributed by atoms with E-state index >= 15 is 0 Å². The van der Waals surface area contributed by atoms with Gasteiger partial charge in [-0.25, -0.2) is 4.79 Å². The molecule has 0 aromatic heterocycles. The van der Waals surface area contributed by atoms with Crippen molar-refractivity contribution in [1.82, 2.24) is 0 Å². The summed E-state index contributed by atoms with van der Waals surface area (Å²) in [4.78, 5) is 11.5. The normalized spacial score (nSPS) is 17.2. The second-order valence-electron chi connectivity index (χ2n) is 3.69. The zero-order valence-electron chi connectivity index (χ0n) is 9.67. The third-order valence-electron chi connectivity index (χ3n) is 2.70. The summed E-state index contributed by atoms with van der Waals surface area (Å²) >= 11 is 0. The van der Waals surface area contributed by atoms with Crippen LogP contribution >= 0.6 is 0 Å². The number of hydrogen-bond acceptors (Lipinski definition) is 3. The molecule has 0 aliphatic heterocycles. The van der Waals surface area contributed by atoms with Gasteiger partial charge in [-0.2, -0.15) is 0 Å². The van der Waals surface area contributed by atoms with E-state index in [0.29, 0.717) is 13.0 Å². The third kappa shape index (κ3) is 2.98. The Morgan fingerprint density at radius 2 is 2.00 bits per heavy atom. The summed E-state index contributed by atoms with van der Waals surface area (Å²) in [5.74, 6) is -0.528. The van der Waals surface area contributed by atoms with Crippen LogP contribution in [0, 0.1) is 5.92 Å². The van der Waals surface area contributed by atoms with Crippen LogP contribution in [0.3, 0.4) is 0 Å². The van der Waals surface area contributed by atoms with Gasteiger partial charge in [-0.3, -0.25) is 0 Å². The van der Waals surface area contributed by atoms with Crippen LogP contribution in [0.25, 0.3) is 0 Å². The van der Waals surface area contributed by atoms with Crippen molar-refractivity contribution in [3.63, 3.8) is 0 Å². The minimum Gasteiger partial charge on any atom is -0.464 e. The average molecular weight is 202 g/mol. The molecule has 14 heavy (non-hydrogen) atoms. The zero-order valence-corrected chi connectivity index (χ0v) is 9.67. The highest BCUT2D eigenvalue weighted by Crippen LogP contribution is 2.26. The largest absolute Gasteiger partial charge is 0.464 e. The molecular weight excluding hydrogens is 180 g/mol. The number of rotatable bonds is 6. The number of hydrogen-bond donors (Lipinski definition) is 1. The first-order valence-electron chi connectivity index (χ1n) is 5.42. The Balaban J connectivity index is 4.51. The molecule has 84 valence electrons. The molecule has 0 saturated heterocycles. The Labute approximate surface area is 86.5 Å². The van der Waals surface area contributed by atoms with Crippen LogP contribution in [-0.2, 0) is 9.53 Å². The first-order valence-corrected chi connectivity index (χ1v) is 5.42. The highest BCUT2D eigenvalue weighted by molar-refractivity contribution is 5.79. The molecule has 0 aromatic carbocycles. The first-order chi connectivity index (χ1) is 6.52. The van der Waals surface area contributed by atoms with E-state index in [9.17, 15) is 9.90 Å². The van der Waals surface area contributed by atoms with Crippen LogP contribution in [0.1, 0.15) is 47.0 Å². The Morgan fingerprint density at radius 3 is 2.36 bits per heavy atom. The topological polar surface area (TPSA) is 46.5 Å². The molecule has 2 unspecified atom stereocenters. The maximum Gasteiger partial charge on any atom is 0.338 e. The van der Waals surface area contributed by atoms with E-state index in [1.807, 2.05) is 20.8 Å². The minimum atomic E-state index is -1.30. The Hall–Kier alpha value is -0.570. The van der Waals surface area contributed by atoms with Gasteiger partial charge in [-0.1, -0.05) is 27.2 Å². The number of esters is 1. The molecule has 3 heteroatoms. The second-order valence-corrected chi connectivity index (χ2v) is 3.69. The molecule has 0 aromatic rings. The second kappa shape index (κ2) is 6.02. The lowest BCUT2D eigenvalue weighted by Crippen LogP contribution is -2.45. The van der Waals surface area contributed by atoms with E-state index in [4.69, 9.17) is 4.74 Å². The Bertz CT molecular complexity index is 179. The van der Waals surface area contributed by atoms with Gasteiger partial charge in [0.05, 0.1) is 6.61 Å². The van der Waals surface area contributed by atoms with E-state index < -0.39 is 11.6 Å². The van der Waals surface area contributed by atoms with E-state index in [-0.39, 0.29) is 5.92 Å². The van der Waals surface area contributed by atoms with Gasteiger partial charge in [-0.15, -0.1) is 0 Å². The maximum atomic E-state index is 11.5. The minimum absolute atomic E-state index is 0.0449. The summed E-state index contributed by atoms with van der Waals surface area (Å²) in [7, 11) is 0. The quantitative estimate of drug-likeness (QED) is 0.671. The van der Waals surface area contributed by atoms with Crippen molar-refractivity contribution in [3.05, 3.63) is 0 Å². The summed E-state index contributed by atoms with van der Waals surface area (Å²) in [5, 5.41) is 10.1. The summed E-state index contributed by atoms with van der Waals surface area (Å²) in [5.41, 5.74) is -1.30. The van der Waals surface area contributed by atoms with Crippen LogP contribution in [0.4, 0.5) is 0 Å². The Morgan fingerprint density at radius 1 is 1.43 bits per heavy atom. The molecule has 0 bridgehead atoms. The van der Waals surface area contributed by atoms with Crippen molar-refractivity contribution in [2.45, 2.75) is 52.6 Å². The van der Waals surface area contributed by atoms with Gasteiger partial charge in [0, 0.05) is 0 Å². The van der Waals surface area contributed by atoms with Gasteiger partial charge in [0.15, 0.2) is 5.60 Å². The van der Waals surface area contributed by atoms with Gasteiger partial charge in [-0.05, 0) is 25.7 Å². The van der Waals surface area contributed by atoms with E-state index in [1.165, 1.54) is 0 Å². The fraction of sp³-hybridized carbons (Fsp3) is 0.909. The lowest BCUT2D eigenvalue weighted by molar-refractivity contribution is -0.171. The number of carbonyl (C=O) groups excluding carboxylic acids is 1. The summed E-state index contributed by atoms with van der Waals surface area (Å²) in [6, 6.07) is 0. The van der Waals surface area contributed by atoms with Crippen LogP contribution in [0.15, 0.2) is 0 Å². The zero-order chi connectivity index (χ0) is 11.2. The predicted octanol–water partition coefficient (Wildman–Crippen LogP) is 2.13. The number of carbonyl (C=O) groups is 1. The van der Waals surface area contributed by atoms with Gasteiger partial charge < -0.3 is 9.84 Å². The van der Waals surface area contributed by atoms with Crippen LogP contribution in [0.5, 0.6) is 0 Å². The van der Waals surface area contributed by atoms with Crippen molar-refractivity contribution in [1.29, 1.82) is 0 Å². The first kappa shape index (κ1) is 13.4. The van der Waals surface area contributed by atoms with Crippen molar-refractivity contribution >= 4 is 5.97 Å².